The Morgan fingerprint density at radius 1 is 1.19 bits per heavy atom. The highest BCUT2D eigenvalue weighted by Crippen LogP contribution is 2.06. The van der Waals surface area contributed by atoms with E-state index >= 15 is 0 Å². The van der Waals surface area contributed by atoms with Gasteiger partial charge < -0.3 is 10.1 Å². The minimum absolute atomic E-state index is 0.135. The second kappa shape index (κ2) is 7.49. The molecular formula is C17H21NO3. The largest absolute Gasteiger partial charge is 0.444 e. The monoisotopic (exact) mass is 287 g/mol. The molecule has 0 radical (unpaired) electrons. The average Bonchev–Trinajstić information content (AvgIpc) is 2.34. The number of amides is 1. The third kappa shape index (κ3) is 7.78. The van der Waals surface area contributed by atoms with Crippen LogP contribution in [0.15, 0.2) is 24.3 Å². The number of nitrogens with one attached hydrogen (secondary N) is 1. The van der Waals surface area contributed by atoms with Crippen LogP contribution in [0.4, 0.5) is 4.79 Å². The van der Waals surface area contributed by atoms with Crippen molar-refractivity contribution in [3.05, 3.63) is 35.4 Å². The summed E-state index contributed by atoms with van der Waals surface area (Å²) in [6.45, 7) is 7.21. The molecule has 4 heteroatoms. The maximum atomic E-state index is 11.4. The number of Topliss-reactive ketones (excluding diaryl/α,β-unsaturated/α-hetero) is 1. The first-order chi connectivity index (χ1) is 9.76. The van der Waals surface area contributed by atoms with Crippen LogP contribution >= 0.6 is 0 Å². The van der Waals surface area contributed by atoms with Crippen molar-refractivity contribution in [3.63, 3.8) is 0 Å². The van der Waals surface area contributed by atoms with Gasteiger partial charge in [-0.05, 0) is 45.4 Å². The van der Waals surface area contributed by atoms with Crippen molar-refractivity contribution in [1.29, 1.82) is 0 Å². The minimum Gasteiger partial charge on any atom is -0.444 e. The summed E-state index contributed by atoms with van der Waals surface area (Å²) in [6.07, 6.45) is -0.0397. The Labute approximate surface area is 125 Å². The van der Waals surface area contributed by atoms with Crippen molar-refractivity contribution in [1.82, 2.24) is 5.32 Å². The van der Waals surface area contributed by atoms with Gasteiger partial charge in [0.15, 0.2) is 0 Å². The number of alkyl carbamates (subject to hydrolysis) is 1. The summed E-state index contributed by atoms with van der Waals surface area (Å²) in [5.41, 5.74) is 1.30. The standard InChI is InChI=1S/C17H21NO3/c1-13(19)12-15-9-7-14(8-10-15)6-5-11-18-16(20)21-17(2,3)4/h7-10H,11-12H2,1-4H3,(H,18,20). The fourth-order valence-corrected chi connectivity index (χ4v) is 1.57. The quantitative estimate of drug-likeness (QED) is 0.870. The molecule has 0 aromatic heterocycles. The number of rotatable bonds is 3. The van der Waals surface area contributed by atoms with Gasteiger partial charge in [-0.3, -0.25) is 4.79 Å². The van der Waals surface area contributed by atoms with Crippen LogP contribution in [0.5, 0.6) is 0 Å². The van der Waals surface area contributed by atoms with Crippen molar-refractivity contribution < 1.29 is 14.3 Å². The van der Waals surface area contributed by atoms with Crippen molar-refractivity contribution in [2.24, 2.45) is 0 Å². The summed E-state index contributed by atoms with van der Waals surface area (Å²) in [5, 5.41) is 2.57. The zero-order valence-electron chi connectivity index (χ0n) is 12.9. The molecule has 1 amide bonds. The number of carbonyl (C=O) groups is 2. The highest BCUT2D eigenvalue weighted by atomic mass is 16.6. The highest BCUT2D eigenvalue weighted by Gasteiger charge is 2.14. The van der Waals surface area contributed by atoms with E-state index in [1.807, 2.05) is 24.3 Å². The lowest BCUT2D eigenvalue weighted by atomic mass is 10.1. The molecule has 0 aliphatic rings. The Balaban J connectivity index is 2.45. The summed E-state index contributed by atoms with van der Waals surface area (Å²) in [6, 6.07) is 7.48. The third-order valence-corrected chi connectivity index (χ3v) is 2.36. The van der Waals surface area contributed by atoms with Crippen LogP contribution in [-0.4, -0.2) is 24.0 Å². The van der Waals surface area contributed by atoms with E-state index < -0.39 is 11.7 Å². The van der Waals surface area contributed by atoms with E-state index in [2.05, 4.69) is 17.2 Å². The fourth-order valence-electron chi connectivity index (χ4n) is 1.57. The molecule has 1 aromatic rings. The number of hydrogen-bond donors (Lipinski definition) is 1. The fraction of sp³-hybridized carbons (Fsp3) is 0.412. The molecule has 0 bridgehead atoms. The Hall–Kier alpha value is -2.28. The lowest BCUT2D eigenvalue weighted by molar-refractivity contribution is -0.116. The van der Waals surface area contributed by atoms with Gasteiger partial charge in [0.25, 0.3) is 0 Å². The van der Waals surface area contributed by atoms with Crippen LogP contribution < -0.4 is 5.32 Å². The molecule has 0 saturated heterocycles. The van der Waals surface area contributed by atoms with E-state index in [1.54, 1.807) is 27.7 Å². The molecular weight excluding hydrogens is 266 g/mol. The van der Waals surface area contributed by atoms with Crippen LogP contribution in [-0.2, 0) is 16.0 Å². The van der Waals surface area contributed by atoms with E-state index in [-0.39, 0.29) is 12.3 Å². The van der Waals surface area contributed by atoms with Crippen LogP contribution in [0.25, 0.3) is 0 Å². The van der Waals surface area contributed by atoms with Gasteiger partial charge in [-0.25, -0.2) is 4.79 Å². The maximum absolute atomic E-state index is 11.4. The van der Waals surface area contributed by atoms with Gasteiger partial charge in [-0.1, -0.05) is 24.0 Å². The van der Waals surface area contributed by atoms with E-state index in [9.17, 15) is 9.59 Å². The minimum atomic E-state index is -0.510. The van der Waals surface area contributed by atoms with Crippen LogP contribution in [0.3, 0.4) is 0 Å². The lowest BCUT2D eigenvalue weighted by Crippen LogP contribution is -2.32. The normalized spacial score (nSPS) is 10.3. The molecule has 21 heavy (non-hydrogen) atoms. The predicted molar refractivity (Wildman–Crippen MR) is 81.9 cm³/mol. The first-order valence-electron chi connectivity index (χ1n) is 6.80. The van der Waals surface area contributed by atoms with Gasteiger partial charge in [-0.15, -0.1) is 0 Å². The molecule has 0 saturated carbocycles. The molecule has 0 spiro atoms. The van der Waals surface area contributed by atoms with Gasteiger partial charge in [0, 0.05) is 12.0 Å². The molecule has 1 rings (SSSR count). The zero-order valence-corrected chi connectivity index (χ0v) is 12.9. The summed E-state index contributed by atoms with van der Waals surface area (Å²) >= 11 is 0. The number of benzene rings is 1. The van der Waals surface area contributed by atoms with Gasteiger partial charge in [0.2, 0.25) is 0 Å². The molecule has 1 N–H and O–H groups in total. The molecule has 0 unspecified atom stereocenters. The van der Waals surface area contributed by atoms with E-state index in [4.69, 9.17) is 4.74 Å². The maximum Gasteiger partial charge on any atom is 0.408 e. The van der Waals surface area contributed by atoms with Gasteiger partial charge in [-0.2, -0.15) is 0 Å². The molecule has 0 aliphatic carbocycles. The Bertz CT molecular complexity index is 556. The smallest absolute Gasteiger partial charge is 0.408 e. The second-order valence-electron chi connectivity index (χ2n) is 5.73. The second-order valence-corrected chi connectivity index (χ2v) is 5.73. The number of hydrogen-bond acceptors (Lipinski definition) is 3. The molecule has 1 aromatic carbocycles. The predicted octanol–water partition coefficient (Wildman–Crippen LogP) is 2.69. The Kier molecular flexibility index (Phi) is 5.98. The third-order valence-electron chi connectivity index (χ3n) is 2.36. The average molecular weight is 287 g/mol. The molecule has 0 heterocycles. The molecule has 0 aliphatic heterocycles. The zero-order chi connectivity index (χ0) is 15.9. The first kappa shape index (κ1) is 16.8. The lowest BCUT2D eigenvalue weighted by Gasteiger charge is -2.18. The van der Waals surface area contributed by atoms with Gasteiger partial charge in [0.1, 0.15) is 11.4 Å². The molecule has 112 valence electrons. The topological polar surface area (TPSA) is 55.4 Å². The molecule has 0 fully saturated rings. The van der Waals surface area contributed by atoms with Gasteiger partial charge >= 0.3 is 6.09 Å². The number of ketones is 1. The van der Waals surface area contributed by atoms with Crippen molar-refractivity contribution in [2.45, 2.75) is 39.7 Å². The van der Waals surface area contributed by atoms with Crippen LogP contribution in [0.2, 0.25) is 0 Å². The summed E-state index contributed by atoms with van der Waals surface area (Å²) in [4.78, 5) is 22.4. The van der Waals surface area contributed by atoms with E-state index in [0.717, 1.165) is 11.1 Å². The molecule has 4 nitrogen and oxygen atoms in total. The van der Waals surface area contributed by atoms with Crippen LogP contribution in [0.1, 0.15) is 38.8 Å². The first-order valence-corrected chi connectivity index (χ1v) is 6.80. The van der Waals surface area contributed by atoms with Crippen molar-refractivity contribution >= 4 is 11.9 Å². The van der Waals surface area contributed by atoms with Crippen molar-refractivity contribution in [3.8, 4) is 11.8 Å². The SMILES string of the molecule is CC(=O)Cc1ccc(C#CCNC(=O)OC(C)(C)C)cc1. The van der Waals surface area contributed by atoms with E-state index in [1.165, 1.54) is 0 Å². The van der Waals surface area contributed by atoms with E-state index in [0.29, 0.717) is 6.42 Å². The summed E-state index contributed by atoms with van der Waals surface area (Å²) in [5.74, 6) is 5.92. The summed E-state index contributed by atoms with van der Waals surface area (Å²) < 4.78 is 5.09. The Morgan fingerprint density at radius 3 is 2.33 bits per heavy atom. The Morgan fingerprint density at radius 2 is 1.81 bits per heavy atom. The van der Waals surface area contributed by atoms with Gasteiger partial charge in [0.05, 0.1) is 6.54 Å². The highest BCUT2D eigenvalue weighted by molar-refractivity contribution is 5.78. The molecule has 0 atom stereocenters. The number of ether oxygens (including phenoxy) is 1. The summed E-state index contributed by atoms with van der Waals surface area (Å²) in [7, 11) is 0. The number of carbonyl (C=O) groups excluding carboxylic acids is 2. The van der Waals surface area contributed by atoms with Crippen LogP contribution in [0, 0.1) is 11.8 Å². The van der Waals surface area contributed by atoms with Crippen molar-refractivity contribution in [2.75, 3.05) is 6.54 Å².